The van der Waals surface area contributed by atoms with E-state index in [2.05, 4.69) is 5.32 Å². The zero-order valence-corrected chi connectivity index (χ0v) is 10.8. The highest BCUT2D eigenvalue weighted by atomic mass is 19.4. The Bertz CT molecular complexity index is 437. The summed E-state index contributed by atoms with van der Waals surface area (Å²) in [7, 11) is 1.83. The number of halogens is 3. The van der Waals surface area contributed by atoms with E-state index in [1.165, 1.54) is 12.1 Å². The van der Waals surface area contributed by atoms with Crippen LogP contribution in [-0.4, -0.2) is 18.2 Å². The molecule has 1 aliphatic rings. The molecular formula is C14H18F3NO. The second-order valence-corrected chi connectivity index (χ2v) is 5.14. The summed E-state index contributed by atoms with van der Waals surface area (Å²) in [5, 5.41) is 13.7. The van der Waals surface area contributed by atoms with Crippen molar-refractivity contribution in [2.75, 3.05) is 7.05 Å². The second kappa shape index (κ2) is 5.13. The molecule has 1 aromatic carbocycles. The van der Waals surface area contributed by atoms with Crippen molar-refractivity contribution in [1.82, 2.24) is 5.32 Å². The van der Waals surface area contributed by atoms with Gasteiger partial charge in [-0.1, -0.05) is 18.2 Å². The molecule has 0 bridgehead atoms. The van der Waals surface area contributed by atoms with Crippen LogP contribution in [-0.2, 0) is 11.8 Å². The number of hydrogen-bond donors (Lipinski definition) is 2. The minimum atomic E-state index is -4.42. The van der Waals surface area contributed by atoms with Crippen LogP contribution in [0.4, 0.5) is 13.2 Å². The molecule has 1 aromatic rings. The quantitative estimate of drug-likeness (QED) is 0.868. The summed E-state index contributed by atoms with van der Waals surface area (Å²) in [5.74, 6) is 0. The molecule has 1 fully saturated rings. The minimum Gasteiger partial charge on any atom is -0.385 e. The summed E-state index contributed by atoms with van der Waals surface area (Å²) >= 11 is 0. The molecule has 0 heterocycles. The van der Waals surface area contributed by atoms with E-state index in [9.17, 15) is 18.3 Å². The molecule has 1 saturated carbocycles. The van der Waals surface area contributed by atoms with Crippen molar-refractivity contribution < 1.29 is 18.3 Å². The fourth-order valence-electron chi connectivity index (χ4n) is 2.79. The maximum atomic E-state index is 13.0. The van der Waals surface area contributed by atoms with Gasteiger partial charge in [-0.2, -0.15) is 13.2 Å². The van der Waals surface area contributed by atoms with Crippen LogP contribution in [0.1, 0.15) is 36.8 Å². The molecule has 2 nitrogen and oxygen atoms in total. The van der Waals surface area contributed by atoms with Gasteiger partial charge in [-0.3, -0.25) is 0 Å². The predicted molar refractivity (Wildman–Crippen MR) is 66.7 cm³/mol. The molecule has 0 atom stereocenters. The number of rotatable bonds is 2. The zero-order valence-electron chi connectivity index (χ0n) is 10.8. The lowest BCUT2D eigenvalue weighted by Crippen LogP contribution is -2.39. The first-order valence-corrected chi connectivity index (χ1v) is 6.43. The highest BCUT2D eigenvalue weighted by Gasteiger charge is 2.42. The first-order chi connectivity index (χ1) is 8.87. The number of benzene rings is 1. The van der Waals surface area contributed by atoms with E-state index in [1.807, 2.05) is 7.05 Å². The Kier molecular flexibility index (Phi) is 3.87. The van der Waals surface area contributed by atoms with Gasteiger partial charge in [0.05, 0.1) is 11.2 Å². The molecule has 0 aliphatic heterocycles. The largest absolute Gasteiger partial charge is 0.416 e. The van der Waals surface area contributed by atoms with E-state index in [1.54, 1.807) is 6.07 Å². The molecule has 2 rings (SSSR count). The Morgan fingerprint density at radius 3 is 2.32 bits per heavy atom. The van der Waals surface area contributed by atoms with E-state index in [-0.39, 0.29) is 11.6 Å². The summed E-state index contributed by atoms with van der Waals surface area (Å²) in [6, 6.07) is 5.61. The smallest absolute Gasteiger partial charge is 0.385 e. The van der Waals surface area contributed by atoms with E-state index in [0.29, 0.717) is 25.7 Å². The van der Waals surface area contributed by atoms with Crippen molar-refractivity contribution in [3.63, 3.8) is 0 Å². The molecule has 0 amide bonds. The van der Waals surface area contributed by atoms with Crippen molar-refractivity contribution in [2.45, 2.75) is 43.5 Å². The fourth-order valence-corrected chi connectivity index (χ4v) is 2.79. The summed E-state index contributed by atoms with van der Waals surface area (Å²) in [4.78, 5) is 0. The lowest BCUT2D eigenvalue weighted by molar-refractivity contribution is -0.141. The third-order valence-corrected chi connectivity index (χ3v) is 3.95. The van der Waals surface area contributed by atoms with E-state index >= 15 is 0 Å². The van der Waals surface area contributed by atoms with Crippen LogP contribution < -0.4 is 5.32 Å². The third kappa shape index (κ3) is 2.92. The standard InChI is InChI=1S/C14H18F3NO/c1-18-10-6-8-13(19,9-7-10)11-4-2-3-5-12(11)14(15,16)17/h2-5,10,18-19H,6-9H2,1H3. The minimum absolute atomic E-state index is 0.0112. The number of nitrogens with one attached hydrogen (secondary N) is 1. The Labute approximate surface area is 110 Å². The molecule has 0 aromatic heterocycles. The molecule has 0 spiro atoms. The Morgan fingerprint density at radius 1 is 1.21 bits per heavy atom. The number of alkyl halides is 3. The molecule has 5 heteroatoms. The lowest BCUT2D eigenvalue weighted by atomic mass is 9.76. The Balaban J connectivity index is 2.32. The fraction of sp³-hybridized carbons (Fsp3) is 0.571. The normalized spacial score (nSPS) is 28.4. The first-order valence-electron chi connectivity index (χ1n) is 6.43. The molecule has 2 N–H and O–H groups in total. The molecule has 0 radical (unpaired) electrons. The average molecular weight is 273 g/mol. The summed E-state index contributed by atoms with van der Waals surface area (Å²) < 4.78 is 39.0. The summed E-state index contributed by atoms with van der Waals surface area (Å²) in [6.45, 7) is 0. The third-order valence-electron chi connectivity index (χ3n) is 3.95. The van der Waals surface area contributed by atoms with E-state index < -0.39 is 17.3 Å². The molecule has 0 unspecified atom stereocenters. The van der Waals surface area contributed by atoms with Crippen LogP contribution in [0.25, 0.3) is 0 Å². The maximum absolute atomic E-state index is 13.0. The molecule has 0 saturated heterocycles. The number of hydrogen-bond acceptors (Lipinski definition) is 2. The zero-order chi connectivity index (χ0) is 14.1. The molecule has 19 heavy (non-hydrogen) atoms. The van der Waals surface area contributed by atoms with Gasteiger partial charge < -0.3 is 10.4 Å². The van der Waals surface area contributed by atoms with E-state index in [0.717, 1.165) is 6.07 Å². The number of aliphatic hydroxyl groups is 1. The monoisotopic (exact) mass is 273 g/mol. The highest BCUT2D eigenvalue weighted by Crippen LogP contribution is 2.43. The second-order valence-electron chi connectivity index (χ2n) is 5.14. The maximum Gasteiger partial charge on any atom is 0.416 e. The van der Waals surface area contributed by atoms with Crippen molar-refractivity contribution in [3.8, 4) is 0 Å². The van der Waals surface area contributed by atoms with Crippen molar-refractivity contribution in [1.29, 1.82) is 0 Å². The van der Waals surface area contributed by atoms with Gasteiger partial charge in [0.25, 0.3) is 0 Å². The summed E-state index contributed by atoms with van der Waals surface area (Å²) in [6.07, 6.45) is -2.36. The van der Waals surface area contributed by atoms with Crippen LogP contribution >= 0.6 is 0 Å². The van der Waals surface area contributed by atoms with E-state index in [4.69, 9.17) is 0 Å². The van der Waals surface area contributed by atoms with Crippen molar-refractivity contribution in [3.05, 3.63) is 35.4 Å². The molecule has 106 valence electrons. The van der Waals surface area contributed by atoms with Crippen molar-refractivity contribution >= 4 is 0 Å². The van der Waals surface area contributed by atoms with Gasteiger partial charge in [0.2, 0.25) is 0 Å². The summed E-state index contributed by atoms with van der Waals surface area (Å²) in [5.41, 5.74) is -2.07. The molecular weight excluding hydrogens is 255 g/mol. The van der Waals surface area contributed by atoms with Crippen LogP contribution in [0.2, 0.25) is 0 Å². The predicted octanol–water partition coefficient (Wildman–Crippen LogP) is 3.06. The van der Waals surface area contributed by atoms with Gasteiger partial charge in [-0.15, -0.1) is 0 Å². The Hall–Kier alpha value is -1.07. The first kappa shape index (κ1) is 14.3. The topological polar surface area (TPSA) is 32.3 Å². The lowest BCUT2D eigenvalue weighted by Gasteiger charge is -2.37. The van der Waals surface area contributed by atoms with Gasteiger partial charge in [0, 0.05) is 6.04 Å². The van der Waals surface area contributed by atoms with Gasteiger partial charge in [-0.25, -0.2) is 0 Å². The van der Waals surface area contributed by atoms with Crippen LogP contribution in [0.15, 0.2) is 24.3 Å². The van der Waals surface area contributed by atoms with Crippen molar-refractivity contribution in [2.24, 2.45) is 0 Å². The van der Waals surface area contributed by atoms with Crippen LogP contribution in [0.3, 0.4) is 0 Å². The van der Waals surface area contributed by atoms with Gasteiger partial charge in [-0.05, 0) is 44.4 Å². The Morgan fingerprint density at radius 2 is 1.79 bits per heavy atom. The van der Waals surface area contributed by atoms with Crippen LogP contribution in [0, 0.1) is 0 Å². The van der Waals surface area contributed by atoms with Gasteiger partial charge in [0.15, 0.2) is 0 Å². The highest BCUT2D eigenvalue weighted by molar-refractivity contribution is 5.35. The molecule has 1 aliphatic carbocycles. The van der Waals surface area contributed by atoms with Crippen LogP contribution in [0.5, 0.6) is 0 Å². The van der Waals surface area contributed by atoms with Gasteiger partial charge >= 0.3 is 6.18 Å². The average Bonchev–Trinajstić information content (AvgIpc) is 2.39. The van der Waals surface area contributed by atoms with Gasteiger partial charge in [0.1, 0.15) is 0 Å². The SMILES string of the molecule is CNC1CCC(O)(c2ccccc2C(F)(F)F)CC1.